The summed E-state index contributed by atoms with van der Waals surface area (Å²) in [5.74, 6) is -0.540. The van der Waals surface area contributed by atoms with E-state index >= 15 is 0 Å². The van der Waals surface area contributed by atoms with E-state index in [2.05, 4.69) is 47.7 Å². The van der Waals surface area contributed by atoms with Crippen molar-refractivity contribution >= 4 is 56.0 Å². The fourth-order valence-electron chi connectivity index (χ4n) is 2.67. The van der Waals surface area contributed by atoms with Gasteiger partial charge in [-0.15, -0.1) is 0 Å². The minimum Gasteiger partial charge on any atom is -0.447 e. The van der Waals surface area contributed by atoms with Gasteiger partial charge in [-0.25, -0.2) is 5.43 Å². The molecule has 0 atom stereocenters. The Kier molecular flexibility index (Phi) is 8.35. The van der Waals surface area contributed by atoms with E-state index < -0.39 is 11.8 Å². The largest absolute Gasteiger partial charge is 0.447 e. The molecule has 0 unspecified atom stereocenters. The van der Waals surface area contributed by atoms with Gasteiger partial charge in [0.05, 0.1) is 10.7 Å². The van der Waals surface area contributed by atoms with Crippen molar-refractivity contribution < 1.29 is 14.0 Å². The van der Waals surface area contributed by atoms with Crippen LogP contribution in [0.5, 0.6) is 0 Å². The number of hydrogen-bond acceptors (Lipinski definition) is 4. The van der Waals surface area contributed by atoms with Gasteiger partial charge in [0.15, 0.2) is 4.67 Å². The van der Waals surface area contributed by atoms with Crippen LogP contribution in [0, 0.1) is 0 Å². The Labute approximate surface area is 202 Å². The number of allylic oxidation sites excluding steroid dienone is 2. The summed E-state index contributed by atoms with van der Waals surface area (Å²) in [7, 11) is 0. The third kappa shape index (κ3) is 6.90. The van der Waals surface area contributed by atoms with Crippen molar-refractivity contribution in [1.29, 1.82) is 0 Å². The minimum absolute atomic E-state index is 0.0579. The fraction of sp³-hybridized carbons (Fsp3) is 0.0417. The molecule has 2 amide bonds. The van der Waals surface area contributed by atoms with E-state index in [0.717, 1.165) is 15.6 Å². The molecule has 0 bridgehead atoms. The lowest BCUT2D eigenvalue weighted by Gasteiger charge is -2.09. The molecule has 0 aliphatic carbocycles. The number of amides is 2. The highest BCUT2D eigenvalue weighted by atomic mass is 79.9. The zero-order valence-electron chi connectivity index (χ0n) is 17.0. The molecule has 3 rings (SSSR count). The van der Waals surface area contributed by atoms with Gasteiger partial charge >= 0.3 is 0 Å². The second kappa shape index (κ2) is 11.4. The Bertz CT molecular complexity index is 1160. The van der Waals surface area contributed by atoms with E-state index in [-0.39, 0.29) is 5.70 Å². The maximum atomic E-state index is 12.8. The van der Waals surface area contributed by atoms with Crippen LogP contribution in [0.25, 0.3) is 6.08 Å². The van der Waals surface area contributed by atoms with Crippen LogP contribution in [0.3, 0.4) is 0 Å². The topological polar surface area (TPSA) is 83.7 Å². The van der Waals surface area contributed by atoms with Crippen molar-refractivity contribution in [2.45, 2.75) is 6.92 Å². The summed E-state index contributed by atoms with van der Waals surface area (Å²) in [5, 5.41) is 6.59. The number of carbonyl (C=O) groups is 2. The molecular formula is C24H19Br2N3O3. The summed E-state index contributed by atoms with van der Waals surface area (Å²) in [6, 6.07) is 20.0. The van der Waals surface area contributed by atoms with Crippen LogP contribution in [0.4, 0.5) is 0 Å². The number of benzene rings is 2. The van der Waals surface area contributed by atoms with Crippen LogP contribution in [0.15, 0.2) is 103 Å². The highest BCUT2D eigenvalue weighted by Gasteiger charge is 2.14. The molecule has 6 nitrogen and oxygen atoms in total. The molecule has 0 fully saturated rings. The van der Waals surface area contributed by atoms with Crippen LogP contribution in [0.2, 0.25) is 0 Å². The van der Waals surface area contributed by atoms with Gasteiger partial charge in [-0.1, -0.05) is 54.6 Å². The molecule has 32 heavy (non-hydrogen) atoms. The fourth-order valence-corrected chi connectivity index (χ4v) is 3.27. The summed E-state index contributed by atoms with van der Waals surface area (Å²) in [6.07, 6.45) is 4.86. The molecule has 1 heterocycles. The number of carbonyl (C=O) groups excluding carboxylic acids is 2. The van der Waals surface area contributed by atoms with E-state index in [9.17, 15) is 9.59 Å². The summed E-state index contributed by atoms with van der Waals surface area (Å²) >= 11 is 6.55. The van der Waals surface area contributed by atoms with Crippen molar-refractivity contribution in [1.82, 2.24) is 10.7 Å². The van der Waals surface area contributed by atoms with Gasteiger partial charge in [0.2, 0.25) is 0 Å². The number of nitrogens with one attached hydrogen (secondary N) is 2. The molecule has 0 aliphatic heterocycles. The number of rotatable bonds is 7. The Morgan fingerprint density at radius 3 is 2.28 bits per heavy atom. The van der Waals surface area contributed by atoms with Crippen LogP contribution >= 0.6 is 31.9 Å². The second-order valence-corrected chi connectivity index (χ2v) is 8.22. The van der Waals surface area contributed by atoms with Gasteiger partial charge in [0.1, 0.15) is 11.5 Å². The molecule has 2 N–H and O–H groups in total. The summed E-state index contributed by atoms with van der Waals surface area (Å²) in [5.41, 5.74) is 4.66. The molecule has 3 aromatic rings. The van der Waals surface area contributed by atoms with Crippen LogP contribution in [-0.2, 0) is 4.79 Å². The first-order valence-corrected chi connectivity index (χ1v) is 11.1. The van der Waals surface area contributed by atoms with Crippen LogP contribution < -0.4 is 10.7 Å². The standard InChI is InChI=1S/C24H19Br2N3O3/c1-16(12-17-8-4-2-5-9-17)13-21(28-23(30)18-10-6-3-7-11-18)24(31)29-27-15-19-14-20(25)22(26)32-19/h2-15H,1H3,(H,28,30)(H,29,31)/b16-12+,21-13-,27-15?. The van der Waals surface area contributed by atoms with E-state index in [1.807, 2.05) is 49.4 Å². The van der Waals surface area contributed by atoms with Gasteiger partial charge in [0, 0.05) is 11.6 Å². The van der Waals surface area contributed by atoms with Crippen LogP contribution in [0.1, 0.15) is 28.6 Å². The summed E-state index contributed by atoms with van der Waals surface area (Å²) in [4.78, 5) is 25.4. The molecule has 0 aliphatic rings. The third-order valence-corrected chi connectivity index (χ3v) is 5.83. The van der Waals surface area contributed by atoms with Gasteiger partial charge in [-0.05, 0) is 68.1 Å². The highest BCUT2D eigenvalue weighted by molar-refractivity contribution is 9.13. The average molecular weight is 557 g/mol. The third-order valence-electron chi connectivity index (χ3n) is 4.12. The van der Waals surface area contributed by atoms with Crippen molar-refractivity contribution in [3.05, 3.63) is 110 Å². The molecule has 0 saturated heterocycles. The zero-order chi connectivity index (χ0) is 22.9. The number of furan rings is 1. The Hall–Kier alpha value is -3.23. The first-order valence-electron chi connectivity index (χ1n) is 9.52. The lowest BCUT2D eigenvalue weighted by atomic mass is 10.1. The highest BCUT2D eigenvalue weighted by Crippen LogP contribution is 2.25. The number of hydrogen-bond donors (Lipinski definition) is 2. The molecule has 1 aromatic heterocycles. The van der Waals surface area contributed by atoms with Gasteiger partial charge < -0.3 is 9.73 Å². The molecule has 0 radical (unpaired) electrons. The van der Waals surface area contributed by atoms with E-state index in [4.69, 9.17) is 4.42 Å². The molecule has 162 valence electrons. The van der Waals surface area contributed by atoms with E-state index in [1.165, 1.54) is 6.21 Å². The lowest BCUT2D eigenvalue weighted by molar-refractivity contribution is -0.117. The maximum absolute atomic E-state index is 12.8. The SMILES string of the molecule is CC(/C=C(\NC(=O)c1ccccc1)C(=O)NN=Cc1cc(Br)c(Br)o1)=C\c1ccccc1. The van der Waals surface area contributed by atoms with E-state index in [1.54, 1.807) is 36.4 Å². The molecule has 8 heteroatoms. The number of nitrogens with zero attached hydrogens (tertiary/aromatic N) is 1. The molecule has 0 spiro atoms. The predicted molar refractivity (Wildman–Crippen MR) is 132 cm³/mol. The summed E-state index contributed by atoms with van der Waals surface area (Å²) in [6.45, 7) is 1.84. The van der Waals surface area contributed by atoms with Gasteiger partial charge in [-0.3, -0.25) is 9.59 Å². The van der Waals surface area contributed by atoms with Crippen molar-refractivity contribution in [3.8, 4) is 0 Å². The number of halogens is 2. The van der Waals surface area contributed by atoms with Crippen molar-refractivity contribution in [3.63, 3.8) is 0 Å². The lowest BCUT2D eigenvalue weighted by Crippen LogP contribution is -2.33. The average Bonchev–Trinajstić information content (AvgIpc) is 3.11. The maximum Gasteiger partial charge on any atom is 0.287 e. The molecular weight excluding hydrogens is 538 g/mol. The van der Waals surface area contributed by atoms with Gasteiger partial charge in [0.25, 0.3) is 11.8 Å². The zero-order valence-corrected chi connectivity index (χ0v) is 20.2. The molecule has 2 aromatic carbocycles. The minimum atomic E-state index is -0.573. The quantitative estimate of drug-likeness (QED) is 0.170. The smallest absolute Gasteiger partial charge is 0.287 e. The number of hydrazone groups is 1. The monoisotopic (exact) mass is 555 g/mol. The van der Waals surface area contributed by atoms with Gasteiger partial charge in [-0.2, -0.15) is 5.10 Å². The Morgan fingerprint density at radius 2 is 1.66 bits per heavy atom. The predicted octanol–water partition coefficient (Wildman–Crippen LogP) is 5.67. The normalized spacial score (nSPS) is 12.1. The van der Waals surface area contributed by atoms with Crippen molar-refractivity contribution in [2.75, 3.05) is 0 Å². The van der Waals surface area contributed by atoms with Crippen LogP contribution in [-0.4, -0.2) is 18.0 Å². The Morgan fingerprint density at radius 1 is 1.00 bits per heavy atom. The first kappa shape index (κ1) is 23.4. The van der Waals surface area contributed by atoms with Crippen molar-refractivity contribution in [2.24, 2.45) is 5.10 Å². The Balaban J connectivity index is 1.80. The first-order chi connectivity index (χ1) is 15.4. The summed E-state index contributed by atoms with van der Waals surface area (Å²) < 4.78 is 6.63. The second-order valence-electron chi connectivity index (χ2n) is 6.65. The molecule has 0 saturated carbocycles. The van der Waals surface area contributed by atoms with E-state index in [0.29, 0.717) is 16.0 Å².